The standard InChI is InChI=1S/C10H16N2/c1-5-9(3)7-8-10(4)12-11-6-2/h5-8,12H,1H2,2-4H3/b9-7-,10-8+,11-6-. The molecule has 0 bridgehead atoms. The van der Waals surface area contributed by atoms with Gasteiger partial charge in [-0.15, -0.1) is 0 Å². The third-order valence-corrected chi connectivity index (χ3v) is 1.29. The maximum atomic E-state index is 3.88. The van der Waals surface area contributed by atoms with Crippen LogP contribution < -0.4 is 5.43 Å². The lowest BCUT2D eigenvalue weighted by Crippen LogP contribution is -2.00. The highest BCUT2D eigenvalue weighted by Gasteiger charge is 1.80. The number of rotatable bonds is 4. The Morgan fingerprint density at radius 3 is 2.50 bits per heavy atom. The monoisotopic (exact) mass is 164 g/mol. The van der Waals surface area contributed by atoms with Crippen molar-refractivity contribution in [1.82, 2.24) is 5.43 Å². The molecule has 0 spiro atoms. The molecule has 0 aliphatic carbocycles. The molecular weight excluding hydrogens is 148 g/mol. The summed E-state index contributed by atoms with van der Waals surface area (Å²) in [4.78, 5) is 0. The molecule has 0 amide bonds. The van der Waals surface area contributed by atoms with Crippen LogP contribution in [0.3, 0.4) is 0 Å². The molecule has 0 heterocycles. The van der Waals surface area contributed by atoms with Crippen molar-refractivity contribution in [2.75, 3.05) is 0 Å². The number of nitrogens with one attached hydrogen (secondary N) is 1. The molecule has 0 atom stereocenters. The minimum Gasteiger partial charge on any atom is -0.283 e. The Labute approximate surface area is 74.4 Å². The van der Waals surface area contributed by atoms with Crippen LogP contribution in [0, 0.1) is 0 Å². The van der Waals surface area contributed by atoms with Crippen molar-refractivity contribution >= 4 is 6.21 Å². The lowest BCUT2D eigenvalue weighted by atomic mass is 10.2. The number of hydrogen-bond donors (Lipinski definition) is 1. The Morgan fingerprint density at radius 1 is 1.33 bits per heavy atom. The summed E-state index contributed by atoms with van der Waals surface area (Å²) in [5, 5.41) is 3.88. The molecule has 0 aromatic carbocycles. The quantitative estimate of drug-likeness (QED) is 0.385. The van der Waals surface area contributed by atoms with Crippen molar-refractivity contribution in [2.24, 2.45) is 5.10 Å². The fraction of sp³-hybridized carbons (Fsp3) is 0.300. The van der Waals surface area contributed by atoms with E-state index < -0.39 is 0 Å². The van der Waals surface area contributed by atoms with Crippen molar-refractivity contribution in [1.29, 1.82) is 0 Å². The van der Waals surface area contributed by atoms with E-state index in [-0.39, 0.29) is 0 Å². The molecule has 0 rings (SSSR count). The Bertz CT molecular complexity index is 222. The molecule has 0 fully saturated rings. The Hall–Kier alpha value is -1.31. The van der Waals surface area contributed by atoms with Gasteiger partial charge < -0.3 is 0 Å². The molecule has 0 aliphatic rings. The zero-order valence-electron chi connectivity index (χ0n) is 7.96. The highest BCUT2D eigenvalue weighted by Crippen LogP contribution is 1.95. The molecule has 2 nitrogen and oxygen atoms in total. The van der Waals surface area contributed by atoms with E-state index in [1.54, 1.807) is 6.21 Å². The topological polar surface area (TPSA) is 24.4 Å². The fourth-order valence-electron chi connectivity index (χ4n) is 0.528. The van der Waals surface area contributed by atoms with Gasteiger partial charge in [-0.25, -0.2) is 0 Å². The van der Waals surface area contributed by atoms with Crippen molar-refractivity contribution in [3.05, 3.63) is 36.1 Å². The number of nitrogens with zero attached hydrogens (tertiary/aromatic N) is 1. The number of hydrazone groups is 1. The van der Waals surface area contributed by atoms with Gasteiger partial charge in [-0.05, 0) is 26.8 Å². The molecule has 0 unspecified atom stereocenters. The summed E-state index contributed by atoms with van der Waals surface area (Å²) in [5.41, 5.74) is 5.01. The summed E-state index contributed by atoms with van der Waals surface area (Å²) < 4.78 is 0. The van der Waals surface area contributed by atoms with Crippen LogP contribution in [0.5, 0.6) is 0 Å². The predicted octanol–water partition coefficient (Wildman–Crippen LogP) is 2.62. The normalized spacial score (nSPS) is 13.6. The van der Waals surface area contributed by atoms with E-state index in [1.807, 2.05) is 39.0 Å². The summed E-state index contributed by atoms with van der Waals surface area (Å²) in [6.07, 6.45) is 7.47. The molecule has 66 valence electrons. The van der Waals surface area contributed by atoms with Gasteiger partial charge in [0.25, 0.3) is 0 Å². The van der Waals surface area contributed by atoms with Crippen molar-refractivity contribution < 1.29 is 0 Å². The maximum absolute atomic E-state index is 3.88. The second-order valence-electron chi connectivity index (χ2n) is 2.46. The first-order chi connectivity index (χ1) is 5.70. The molecule has 0 aliphatic heterocycles. The third kappa shape index (κ3) is 5.47. The van der Waals surface area contributed by atoms with E-state index in [0.29, 0.717) is 0 Å². The van der Waals surface area contributed by atoms with Crippen LogP contribution in [-0.2, 0) is 0 Å². The van der Waals surface area contributed by atoms with E-state index in [4.69, 9.17) is 0 Å². The van der Waals surface area contributed by atoms with Crippen molar-refractivity contribution in [3.63, 3.8) is 0 Å². The molecule has 0 saturated heterocycles. The third-order valence-electron chi connectivity index (χ3n) is 1.29. The minimum absolute atomic E-state index is 1.01. The molecular formula is C10H16N2. The predicted molar refractivity (Wildman–Crippen MR) is 55.0 cm³/mol. The van der Waals surface area contributed by atoms with Crippen LogP contribution in [0.4, 0.5) is 0 Å². The minimum atomic E-state index is 1.01. The fourth-order valence-corrected chi connectivity index (χ4v) is 0.528. The summed E-state index contributed by atoms with van der Waals surface area (Å²) in [6.45, 7) is 9.48. The lowest BCUT2D eigenvalue weighted by molar-refractivity contribution is 0.892. The highest BCUT2D eigenvalue weighted by atomic mass is 15.3. The van der Waals surface area contributed by atoms with Crippen LogP contribution in [0.15, 0.2) is 41.2 Å². The first kappa shape index (κ1) is 10.7. The number of hydrogen-bond acceptors (Lipinski definition) is 2. The van der Waals surface area contributed by atoms with Gasteiger partial charge in [-0.1, -0.05) is 24.3 Å². The summed E-state index contributed by atoms with van der Waals surface area (Å²) >= 11 is 0. The zero-order chi connectivity index (χ0) is 9.40. The molecule has 0 aromatic rings. The highest BCUT2D eigenvalue weighted by molar-refractivity contribution is 5.52. The van der Waals surface area contributed by atoms with Crippen LogP contribution in [0.1, 0.15) is 20.8 Å². The van der Waals surface area contributed by atoms with E-state index in [0.717, 1.165) is 11.3 Å². The largest absolute Gasteiger partial charge is 0.283 e. The maximum Gasteiger partial charge on any atom is 0.0304 e. The van der Waals surface area contributed by atoms with Crippen LogP contribution >= 0.6 is 0 Å². The van der Waals surface area contributed by atoms with Gasteiger partial charge in [-0.2, -0.15) is 5.10 Å². The Balaban J connectivity index is 4.08. The van der Waals surface area contributed by atoms with Gasteiger partial charge >= 0.3 is 0 Å². The Kier molecular flexibility index (Phi) is 5.70. The van der Waals surface area contributed by atoms with Crippen LogP contribution in [-0.4, -0.2) is 6.21 Å². The van der Waals surface area contributed by atoms with E-state index in [9.17, 15) is 0 Å². The van der Waals surface area contributed by atoms with E-state index in [1.165, 1.54) is 0 Å². The lowest BCUT2D eigenvalue weighted by Gasteiger charge is -1.96. The van der Waals surface area contributed by atoms with Gasteiger partial charge in [0.05, 0.1) is 0 Å². The number of allylic oxidation sites excluding steroid dienone is 5. The second kappa shape index (κ2) is 6.40. The van der Waals surface area contributed by atoms with Crippen LogP contribution in [0.25, 0.3) is 0 Å². The average Bonchev–Trinajstić information content (AvgIpc) is 2.10. The molecule has 0 radical (unpaired) electrons. The first-order valence-electron chi connectivity index (χ1n) is 3.92. The van der Waals surface area contributed by atoms with Gasteiger partial charge in [-0.3, -0.25) is 5.43 Å². The van der Waals surface area contributed by atoms with Crippen molar-refractivity contribution in [2.45, 2.75) is 20.8 Å². The molecule has 0 saturated carbocycles. The van der Waals surface area contributed by atoms with Crippen molar-refractivity contribution in [3.8, 4) is 0 Å². The van der Waals surface area contributed by atoms with Gasteiger partial charge in [0.2, 0.25) is 0 Å². The van der Waals surface area contributed by atoms with Gasteiger partial charge in [0.1, 0.15) is 0 Å². The van der Waals surface area contributed by atoms with E-state index in [2.05, 4.69) is 17.1 Å². The van der Waals surface area contributed by atoms with Gasteiger partial charge in [0, 0.05) is 11.9 Å². The summed E-state index contributed by atoms with van der Waals surface area (Å²) in [7, 11) is 0. The van der Waals surface area contributed by atoms with E-state index >= 15 is 0 Å². The average molecular weight is 164 g/mol. The molecule has 2 heteroatoms. The smallest absolute Gasteiger partial charge is 0.0304 e. The SMILES string of the molecule is C=C/C(C)=C\C=C(/C)N/N=C\C. The summed E-state index contributed by atoms with van der Waals surface area (Å²) in [6, 6.07) is 0. The summed E-state index contributed by atoms with van der Waals surface area (Å²) in [5.74, 6) is 0. The Morgan fingerprint density at radius 2 is 2.00 bits per heavy atom. The molecule has 0 aromatic heterocycles. The molecule has 12 heavy (non-hydrogen) atoms. The van der Waals surface area contributed by atoms with Crippen LogP contribution in [0.2, 0.25) is 0 Å². The molecule has 1 N–H and O–H groups in total. The first-order valence-corrected chi connectivity index (χ1v) is 3.92. The van der Waals surface area contributed by atoms with Gasteiger partial charge in [0.15, 0.2) is 0 Å². The zero-order valence-corrected chi connectivity index (χ0v) is 7.96. The second-order valence-corrected chi connectivity index (χ2v) is 2.46.